The van der Waals surface area contributed by atoms with Crippen LogP contribution >= 0.6 is 0 Å². The lowest BCUT2D eigenvalue weighted by Crippen LogP contribution is -2.53. The van der Waals surface area contributed by atoms with E-state index in [0.29, 0.717) is 37.1 Å². The summed E-state index contributed by atoms with van der Waals surface area (Å²) in [4.78, 5) is 20.9. The third-order valence-electron chi connectivity index (χ3n) is 4.06. The van der Waals surface area contributed by atoms with Crippen molar-refractivity contribution in [2.45, 2.75) is 19.4 Å². The highest BCUT2D eigenvalue weighted by Gasteiger charge is 2.26. The summed E-state index contributed by atoms with van der Waals surface area (Å²) in [6.07, 6.45) is 2.67. The predicted molar refractivity (Wildman–Crippen MR) is 81.4 cm³/mol. The van der Waals surface area contributed by atoms with Gasteiger partial charge >= 0.3 is 0 Å². The highest BCUT2D eigenvalue weighted by Crippen LogP contribution is 2.18. The first-order chi connectivity index (χ1) is 10.2. The molecule has 0 radical (unpaired) electrons. The first-order valence-corrected chi connectivity index (χ1v) is 7.43. The Balaban J connectivity index is 2.00. The monoisotopic (exact) mass is 292 g/mol. The van der Waals surface area contributed by atoms with Gasteiger partial charge in [-0.05, 0) is 18.6 Å². The number of amides is 1. The van der Waals surface area contributed by atoms with Gasteiger partial charge in [0, 0.05) is 45.0 Å². The molecule has 1 unspecified atom stereocenters. The molecule has 2 N–H and O–H groups in total. The summed E-state index contributed by atoms with van der Waals surface area (Å²) in [5.41, 5.74) is 6.32. The molecule has 1 fully saturated rings. The largest absolute Gasteiger partial charge is 0.480 e. The van der Waals surface area contributed by atoms with Gasteiger partial charge in [0.1, 0.15) is 5.56 Å². The Morgan fingerprint density at radius 2 is 2.14 bits per heavy atom. The normalized spacial score (nSPS) is 17.6. The van der Waals surface area contributed by atoms with Gasteiger partial charge in [0.15, 0.2) is 0 Å². The Hall–Kier alpha value is -1.66. The van der Waals surface area contributed by atoms with Crippen LogP contribution in [0.5, 0.6) is 5.88 Å². The summed E-state index contributed by atoms with van der Waals surface area (Å²) in [5, 5.41) is 0. The van der Waals surface area contributed by atoms with Gasteiger partial charge in [-0.25, -0.2) is 4.98 Å². The van der Waals surface area contributed by atoms with Crippen molar-refractivity contribution in [1.82, 2.24) is 14.8 Å². The molecule has 21 heavy (non-hydrogen) atoms. The molecule has 2 rings (SSSR count). The predicted octanol–water partition coefficient (Wildman–Crippen LogP) is 0.585. The minimum absolute atomic E-state index is 0.0135. The molecule has 1 saturated heterocycles. The number of nitrogens with zero attached hydrogens (tertiary/aromatic N) is 3. The van der Waals surface area contributed by atoms with Crippen molar-refractivity contribution in [2.24, 2.45) is 5.73 Å². The summed E-state index contributed by atoms with van der Waals surface area (Å²) in [7, 11) is 1.53. The smallest absolute Gasteiger partial charge is 0.259 e. The van der Waals surface area contributed by atoms with Gasteiger partial charge in [0.2, 0.25) is 5.88 Å². The fourth-order valence-corrected chi connectivity index (χ4v) is 2.75. The SMILES string of the molecule is CCC(CN)N1CCN(C(=O)c2cccnc2OC)CC1. The third kappa shape index (κ3) is 3.51. The molecule has 1 aromatic heterocycles. The standard InChI is InChI=1S/C15H24N4O2/c1-3-12(11-16)18-7-9-19(10-8-18)15(20)13-5-4-6-17-14(13)21-2/h4-6,12H,3,7-11,16H2,1-2H3. The number of hydrogen-bond donors (Lipinski definition) is 1. The second kappa shape index (κ2) is 7.38. The van der Waals surface area contributed by atoms with E-state index in [1.54, 1.807) is 18.3 Å². The maximum atomic E-state index is 12.6. The second-order valence-electron chi connectivity index (χ2n) is 5.19. The van der Waals surface area contributed by atoms with Crippen molar-refractivity contribution in [3.05, 3.63) is 23.9 Å². The summed E-state index contributed by atoms with van der Waals surface area (Å²) >= 11 is 0. The molecule has 1 aromatic rings. The van der Waals surface area contributed by atoms with Crippen LogP contribution in [0.15, 0.2) is 18.3 Å². The van der Waals surface area contributed by atoms with Crippen LogP contribution in [-0.2, 0) is 0 Å². The topological polar surface area (TPSA) is 71.7 Å². The highest BCUT2D eigenvalue weighted by atomic mass is 16.5. The minimum atomic E-state index is -0.0135. The average molecular weight is 292 g/mol. The van der Waals surface area contributed by atoms with Crippen molar-refractivity contribution in [3.63, 3.8) is 0 Å². The maximum absolute atomic E-state index is 12.6. The van der Waals surface area contributed by atoms with Gasteiger partial charge < -0.3 is 15.4 Å². The van der Waals surface area contributed by atoms with Crippen LogP contribution in [0.1, 0.15) is 23.7 Å². The molecule has 116 valence electrons. The first-order valence-electron chi connectivity index (χ1n) is 7.43. The number of pyridine rings is 1. The number of carbonyl (C=O) groups is 1. The summed E-state index contributed by atoms with van der Waals surface area (Å²) in [6, 6.07) is 3.93. The number of methoxy groups -OCH3 is 1. The number of piperazine rings is 1. The third-order valence-corrected chi connectivity index (χ3v) is 4.06. The van der Waals surface area contributed by atoms with Gasteiger partial charge in [-0.3, -0.25) is 9.69 Å². The van der Waals surface area contributed by atoms with Crippen LogP contribution in [0.4, 0.5) is 0 Å². The summed E-state index contributed by atoms with van der Waals surface area (Å²) in [6.45, 7) is 5.98. The van der Waals surface area contributed by atoms with E-state index >= 15 is 0 Å². The van der Waals surface area contributed by atoms with Crippen molar-refractivity contribution in [1.29, 1.82) is 0 Å². The van der Waals surface area contributed by atoms with Crippen molar-refractivity contribution >= 4 is 5.91 Å². The zero-order valence-corrected chi connectivity index (χ0v) is 12.8. The van der Waals surface area contributed by atoms with E-state index in [1.165, 1.54) is 7.11 Å². The molecule has 1 atom stereocenters. The van der Waals surface area contributed by atoms with E-state index in [9.17, 15) is 4.79 Å². The van der Waals surface area contributed by atoms with Crippen LogP contribution in [0.3, 0.4) is 0 Å². The van der Waals surface area contributed by atoms with E-state index in [4.69, 9.17) is 10.5 Å². The molecule has 0 bridgehead atoms. The van der Waals surface area contributed by atoms with Gasteiger partial charge in [-0.2, -0.15) is 0 Å². The number of aromatic nitrogens is 1. The summed E-state index contributed by atoms with van der Waals surface area (Å²) in [5.74, 6) is 0.374. The molecule has 6 heteroatoms. The molecule has 0 spiro atoms. The number of hydrogen-bond acceptors (Lipinski definition) is 5. The Morgan fingerprint density at radius 3 is 2.71 bits per heavy atom. The van der Waals surface area contributed by atoms with Gasteiger partial charge in [0.25, 0.3) is 5.91 Å². The van der Waals surface area contributed by atoms with E-state index < -0.39 is 0 Å². The van der Waals surface area contributed by atoms with Crippen LogP contribution in [0.25, 0.3) is 0 Å². The lowest BCUT2D eigenvalue weighted by molar-refractivity contribution is 0.0568. The van der Waals surface area contributed by atoms with Crippen LogP contribution in [0, 0.1) is 0 Å². The summed E-state index contributed by atoms with van der Waals surface area (Å²) < 4.78 is 5.17. The van der Waals surface area contributed by atoms with Crippen molar-refractivity contribution in [3.8, 4) is 5.88 Å². The highest BCUT2D eigenvalue weighted by molar-refractivity contribution is 5.96. The van der Waals surface area contributed by atoms with E-state index in [2.05, 4.69) is 16.8 Å². The van der Waals surface area contributed by atoms with Gasteiger partial charge in [-0.1, -0.05) is 6.92 Å². The van der Waals surface area contributed by atoms with E-state index in [0.717, 1.165) is 19.5 Å². The fourth-order valence-electron chi connectivity index (χ4n) is 2.75. The maximum Gasteiger partial charge on any atom is 0.259 e. The molecule has 6 nitrogen and oxygen atoms in total. The second-order valence-corrected chi connectivity index (χ2v) is 5.19. The minimum Gasteiger partial charge on any atom is -0.480 e. The van der Waals surface area contributed by atoms with Gasteiger partial charge in [0.05, 0.1) is 7.11 Å². The lowest BCUT2D eigenvalue weighted by Gasteiger charge is -2.38. The van der Waals surface area contributed by atoms with Gasteiger partial charge in [-0.15, -0.1) is 0 Å². The quantitative estimate of drug-likeness (QED) is 0.860. The Morgan fingerprint density at radius 1 is 1.43 bits per heavy atom. The zero-order chi connectivity index (χ0) is 15.2. The Labute approximate surface area is 125 Å². The molecule has 2 heterocycles. The van der Waals surface area contributed by atoms with Crippen LogP contribution in [-0.4, -0.2) is 66.6 Å². The Kier molecular flexibility index (Phi) is 5.52. The van der Waals surface area contributed by atoms with Crippen molar-refractivity contribution < 1.29 is 9.53 Å². The van der Waals surface area contributed by atoms with Crippen LogP contribution in [0.2, 0.25) is 0 Å². The van der Waals surface area contributed by atoms with Crippen LogP contribution < -0.4 is 10.5 Å². The first kappa shape index (κ1) is 15.7. The fraction of sp³-hybridized carbons (Fsp3) is 0.600. The molecule has 1 amide bonds. The number of carbonyl (C=O) groups excluding carboxylic acids is 1. The van der Waals surface area contributed by atoms with Crippen molar-refractivity contribution in [2.75, 3.05) is 39.8 Å². The molecular formula is C15H24N4O2. The number of nitrogens with two attached hydrogens (primary N) is 1. The molecule has 0 saturated carbocycles. The molecule has 0 aromatic carbocycles. The molecule has 0 aliphatic carbocycles. The molecular weight excluding hydrogens is 268 g/mol. The van der Waals surface area contributed by atoms with E-state index in [-0.39, 0.29) is 5.91 Å². The number of rotatable bonds is 5. The van der Waals surface area contributed by atoms with E-state index in [1.807, 2.05) is 4.90 Å². The Bertz CT molecular complexity index is 468. The molecule has 1 aliphatic heterocycles. The lowest BCUT2D eigenvalue weighted by atomic mass is 10.1. The molecule has 1 aliphatic rings. The zero-order valence-electron chi connectivity index (χ0n) is 12.8. The average Bonchev–Trinajstić information content (AvgIpc) is 2.56. The number of ether oxygens (including phenoxy) is 1.